The molecule has 0 aliphatic carbocycles. The van der Waals surface area contributed by atoms with Gasteiger partial charge in [-0.15, -0.1) is 11.3 Å². The van der Waals surface area contributed by atoms with Crippen molar-refractivity contribution in [1.29, 1.82) is 0 Å². The molecule has 0 aromatic carbocycles. The van der Waals surface area contributed by atoms with Gasteiger partial charge in [-0.25, -0.2) is 9.98 Å². The van der Waals surface area contributed by atoms with Crippen LogP contribution in [0.2, 0.25) is 0 Å². The van der Waals surface area contributed by atoms with Crippen LogP contribution in [0.15, 0.2) is 10.4 Å². The topological polar surface area (TPSA) is 67.1 Å². The summed E-state index contributed by atoms with van der Waals surface area (Å²) in [6.07, 6.45) is 1.91. The Kier molecular flexibility index (Phi) is 6.78. The van der Waals surface area contributed by atoms with Gasteiger partial charge < -0.3 is 10.6 Å². The Morgan fingerprint density at radius 2 is 2.08 bits per heavy atom. The molecule has 0 saturated carbocycles. The van der Waals surface area contributed by atoms with Crippen molar-refractivity contribution >= 4 is 17.3 Å². The third-order valence-corrected chi connectivity index (χ3v) is 5.02. The molecule has 132 valence electrons. The summed E-state index contributed by atoms with van der Waals surface area (Å²) in [5.74, 6) is 0.839. The summed E-state index contributed by atoms with van der Waals surface area (Å²) in [5.41, 5.74) is 4.56. The molecule has 0 fully saturated rings. The van der Waals surface area contributed by atoms with Crippen LogP contribution in [0, 0.1) is 13.8 Å². The minimum atomic E-state index is 0.636. The fraction of sp³-hybridized carbons (Fsp3) is 0.588. The Bertz CT molecular complexity index is 685. The predicted molar refractivity (Wildman–Crippen MR) is 101 cm³/mol. The second kappa shape index (κ2) is 8.82. The molecule has 2 heterocycles. The van der Waals surface area contributed by atoms with Gasteiger partial charge in [0.1, 0.15) is 0 Å². The fourth-order valence-corrected chi connectivity index (χ4v) is 3.26. The second-order valence-electron chi connectivity index (χ2n) is 5.73. The van der Waals surface area contributed by atoms with Crippen molar-refractivity contribution in [2.75, 3.05) is 13.1 Å². The van der Waals surface area contributed by atoms with Crippen molar-refractivity contribution in [3.63, 3.8) is 0 Å². The van der Waals surface area contributed by atoms with Crippen molar-refractivity contribution in [2.24, 2.45) is 12.0 Å². The highest BCUT2D eigenvalue weighted by atomic mass is 32.1. The molecule has 0 bridgehead atoms. The van der Waals surface area contributed by atoms with E-state index in [0.717, 1.165) is 43.3 Å². The van der Waals surface area contributed by atoms with Crippen molar-refractivity contribution < 1.29 is 0 Å². The lowest BCUT2D eigenvalue weighted by atomic mass is 10.2. The van der Waals surface area contributed by atoms with E-state index < -0.39 is 0 Å². The van der Waals surface area contributed by atoms with E-state index in [4.69, 9.17) is 4.99 Å². The van der Waals surface area contributed by atoms with Crippen LogP contribution >= 0.6 is 11.3 Å². The molecule has 0 atom stereocenters. The zero-order valence-corrected chi connectivity index (χ0v) is 16.1. The monoisotopic (exact) mass is 348 g/mol. The van der Waals surface area contributed by atoms with Crippen LogP contribution < -0.4 is 10.6 Å². The molecule has 0 aliphatic heterocycles. The Morgan fingerprint density at radius 3 is 2.67 bits per heavy atom. The molecule has 2 aromatic heterocycles. The Balaban J connectivity index is 1.92. The third-order valence-electron chi connectivity index (χ3n) is 3.97. The summed E-state index contributed by atoms with van der Waals surface area (Å²) >= 11 is 1.74. The van der Waals surface area contributed by atoms with Gasteiger partial charge in [-0.05, 0) is 27.2 Å². The van der Waals surface area contributed by atoms with E-state index in [9.17, 15) is 0 Å². The van der Waals surface area contributed by atoms with Crippen LogP contribution in [0.5, 0.6) is 0 Å². The summed E-state index contributed by atoms with van der Waals surface area (Å²) in [4.78, 5) is 9.29. The normalized spacial score (nSPS) is 11.8. The molecule has 0 aliphatic rings. The van der Waals surface area contributed by atoms with Gasteiger partial charge in [0.2, 0.25) is 0 Å². The lowest BCUT2D eigenvalue weighted by Gasteiger charge is -2.10. The zero-order chi connectivity index (χ0) is 17.5. The first-order valence-electron chi connectivity index (χ1n) is 8.49. The van der Waals surface area contributed by atoms with Crippen LogP contribution in [-0.2, 0) is 26.4 Å². The zero-order valence-electron chi connectivity index (χ0n) is 15.3. The predicted octanol–water partition coefficient (Wildman–Crippen LogP) is 2.35. The third kappa shape index (κ3) is 4.80. The number of thiazole rings is 1. The first kappa shape index (κ1) is 18.4. The summed E-state index contributed by atoms with van der Waals surface area (Å²) < 4.78 is 1.91. The summed E-state index contributed by atoms with van der Waals surface area (Å²) in [6.45, 7) is 10.6. The fourth-order valence-electron chi connectivity index (χ4n) is 2.48. The van der Waals surface area contributed by atoms with Crippen LogP contribution in [-0.4, -0.2) is 33.8 Å². The average molecular weight is 349 g/mol. The minimum Gasteiger partial charge on any atom is -0.357 e. The Hall–Kier alpha value is -1.89. The van der Waals surface area contributed by atoms with Gasteiger partial charge >= 0.3 is 0 Å². The highest BCUT2D eigenvalue weighted by Crippen LogP contribution is 2.13. The van der Waals surface area contributed by atoms with Gasteiger partial charge in [0.15, 0.2) is 5.96 Å². The lowest BCUT2D eigenvalue weighted by Crippen LogP contribution is -2.38. The lowest BCUT2D eigenvalue weighted by molar-refractivity contribution is 0.729. The van der Waals surface area contributed by atoms with Crippen molar-refractivity contribution in [3.05, 3.63) is 33.0 Å². The van der Waals surface area contributed by atoms with E-state index in [2.05, 4.69) is 46.9 Å². The van der Waals surface area contributed by atoms with Gasteiger partial charge in [-0.1, -0.05) is 6.92 Å². The van der Waals surface area contributed by atoms with Gasteiger partial charge in [-0.2, -0.15) is 5.10 Å². The molecule has 0 unspecified atom stereocenters. The largest absolute Gasteiger partial charge is 0.357 e. The number of hydrogen-bond donors (Lipinski definition) is 2. The Labute approximate surface area is 148 Å². The molecule has 0 spiro atoms. The van der Waals surface area contributed by atoms with Crippen LogP contribution in [0.4, 0.5) is 0 Å². The van der Waals surface area contributed by atoms with Crippen molar-refractivity contribution in [3.8, 4) is 0 Å². The van der Waals surface area contributed by atoms with Gasteiger partial charge in [-0.3, -0.25) is 4.68 Å². The summed E-state index contributed by atoms with van der Waals surface area (Å²) in [6, 6.07) is 0. The maximum absolute atomic E-state index is 4.69. The van der Waals surface area contributed by atoms with E-state index in [1.165, 1.54) is 16.3 Å². The van der Waals surface area contributed by atoms with Crippen LogP contribution in [0.1, 0.15) is 41.5 Å². The smallest absolute Gasteiger partial charge is 0.191 e. The number of rotatable bonds is 7. The van der Waals surface area contributed by atoms with E-state index >= 15 is 0 Å². The molecule has 6 nitrogen and oxygen atoms in total. The van der Waals surface area contributed by atoms with Gasteiger partial charge in [0.05, 0.1) is 22.9 Å². The molecule has 0 saturated heterocycles. The molecule has 0 radical (unpaired) electrons. The maximum Gasteiger partial charge on any atom is 0.191 e. The van der Waals surface area contributed by atoms with E-state index in [1.54, 1.807) is 11.3 Å². The molecule has 24 heavy (non-hydrogen) atoms. The second-order valence-corrected chi connectivity index (χ2v) is 6.67. The SMILES string of the molecule is CCNC(=NCc1c(C)nn(C)c1C)NCCc1csc(CC)n1. The standard InChI is InChI=1S/C17H28N6S/c1-6-16-21-14(11-24-16)8-9-19-17(18-7-2)20-10-15-12(3)22-23(5)13(15)4/h11H,6-10H2,1-5H3,(H2,18,19,20). The number of guanidine groups is 1. The van der Waals surface area contributed by atoms with E-state index in [1.807, 2.05) is 18.7 Å². The first-order chi connectivity index (χ1) is 11.5. The molecule has 2 aromatic rings. The molecular formula is C17H28N6S. The molecular weight excluding hydrogens is 320 g/mol. The highest BCUT2D eigenvalue weighted by molar-refractivity contribution is 7.09. The van der Waals surface area contributed by atoms with Crippen LogP contribution in [0.3, 0.4) is 0 Å². The Morgan fingerprint density at radius 1 is 1.29 bits per heavy atom. The molecule has 2 rings (SSSR count). The van der Waals surface area contributed by atoms with Gasteiger partial charge in [0, 0.05) is 43.2 Å². The molecule has 0 amide bonds. The van der Waals surface area contributed by atoms with Crippen molar-refractivity contribution in [2.45, 2.75) is 47.1 Å². The minimum absolute atomic E-state index is 0.636. The highest BCUT2D eigenvalue weighted by Gasteiger charge is 2.09. The van der Waals surface area contributed by atoms with Crippen molar-refractivity contribution in [1.82, 2.24) is 25.4 Å². The van der Waals surface area contributed by atoms with Gasteiger partial charge in [0.25, 0.3) is 0 Å². The average Bonchev–Trinajstić information content (AvgIpc) is 3.11. The number of aliphatic imine (C=N–C) groups is 1. The number of aromatic nitrogens is 3. The quantitative estimate of drug-likeness (QED) is 0.595. The number of nitrogens with one attached hydrogen (secondary N) is 2. The van der Waals surface area contributed by atoms with E-state index in [0.29, 0.717) is 6.54 Å². The maximum atomic E-state index is 4.69. The summed E-state index contributed by atoms with van der Waals surface area (Å²) in [7, 11) is 1.97. The summed E-state index contributed by atoms with van der Waals surface area (Å²) in [5, 5.41) is 14.5. The number of nitrogens with zero attached hydrogens (tertiary/aromatic N) is 4. The molecule has 2 N–H and O–H groups in total. The van der Waals surface area contributed by atoms with E-state index in [-0.39, 0.29) is 0 Å². The first-order valence-corrected chi connectivity index (χ1v) is 9.37. The molecule has 7 heteroatoms. The number of aryl methyl sites for hydroxylation is 3. The van der Waals surface area contributed by atoms with Crippen LogP contribution in [0.25, 0.3) is 0 Å². The number of hydrogen-bond acceptors (Lipinski definition) is 4.